The van der Waals surface area contributed by atoms with Crippen molar-refractivity contribution in [2.75, 3.05) is 5.75 Å². The highest BCUT2D eigenvalue weighted by atomic mass is 32.2. The molecule has 0 atom stereocenters. The van der Waals surface area contributed by atoms with Gasteiger partial charge >= 0.3 is 0 Å². The molecule has 0 saturated carbocycles. The Balaban J connectivity index is 0.000000231. The van der Waals surface area contributed by atoms with Gasteiger partial charge in [0.15, 0.2) is 0 Å². The van der Waals surface area contributed by atoms with E-state index in [4.69, 9.17) is 9.11 Å². The summed E-state index contributed by atoms with van der Waals surface area (Å²) in [5, 5.41) is 0. The fourth-order valence-corrected chi connectivity index (χ4v) is 2.53. The maximum Gasteiger partial charge on any atom is 0.294 e. The number of aromatic nitrogens is 2. The highest BCUT2D eigenvalue weighted by Gasteiger charge is 2.06. The molecule has 0 unspecified atom stereocenters. The molecule has 10 heteroatoms. The number of imidazole rings is 1. The van der Waals surface area contributed by atoms with Crippen LogP contribution in [-0.2, 0) is 26.8 Å². The van der Waals surface area contributed by atoms with Crippen molar-refractivity contribution in [3.8, 4) is 0 Å². The van der Waals surface area contributed by atoms with Crippen molar-refractivity contribution in [3.05, 3.63) is 48.5 Å². The van der Waals surface area contributed by atoms with Gasteiger partial charge in [0.05, 0.1) is 17.0 Å². The smallest absolute Gasteiger partial charge is 0.294 e. The summed E-state index contributed by atoms with van der Waals surface area (Å²) < 4.78 is 60.3. The molecule has 0 fully saturated rings. The van der Waals surface area contributed by atoms with Crippen molar-refractivity contribution >= 4 is 20.2 Å². The molecule has 1 aromatic carbocycles. The third-order valence-electron chi connectivity index (χ3n) is 2.70. The van der Waals surface area contributed by atoms with E-state index < -0.39 is 20.2 Å². The Morgan fingerprint density at radius 3 is 2.13 bits per heavy atom. The highest BCUT2D eigenvalue weighted by Crippen LogP contribution is 2.08. The lowest BCUT2D eigenvalue weighted by atomic mass is 10.2. The van der Waals surface area contributed by atoms with Crippen LogP contribution in [0.3, 0.4) is 0 Å². The maximum atomic E-state index is 10.5. The van der Waals surface area contributed by atoms with E-state index in [0.29, 0.717) is 13.0 Å². The Hall–Kier alpha value is -1.75. The molecule has 23 heavy (non-hydrogen) atoms. The fraction of sp³-hybridized carbons (Fsp3) is 0.308. The number of aryl methyl sites for hydroxylation is 2. The van der Waals surface area contributed by atoms with Crippen molar-refractivity contribution in [2.24, 2.45) is 0 Å². The van der Waals surface area contributed by atoms with E-state index in [9.17, 15) is 16.8 Å². The maximum absolute atomic E-state index is 10.5. The zero-order chi connectivity index (χ0) is 17.5. The standard InChI is InChI=1S/C7H8O3S.C6H10N2O3S/c1-6-2-4-7(5-3-6)11(8,9)10;9-12(10,11)5-1-3-8-4-2-7-6-8/h2-5H,1H3,(H,8,9,10);2,4,6H,1,3,5H2,(H,9,10,11). The van der Waals surface area contributed by atoms with Gasteiger partial charge in [-0.1, -0.05) is 17.7 Å². The Bertz CT molecular complexity index is 797. The molecule has 0 saturated heterocycles. The number of hydrogen-bond donors (Lipinski definition) is 2. The number of hydrogen-bond acceptors (Lipinski definition) is 5. The molecule has 2 rings (SSSR count). The molecule has 0 amide bonds. The first kappa shape index (κ1) is 19.3. The van der Waals surface area contributed by atoms with Crippen LogP contribution in [0.4, 0.5) is 0 Å². The molecule has 2 aromatic rings. The van der Waals surface area contributed by atoms with Crippen LogP contribution in [0.15, 0.2) is 47.9 Å². The monoisotopic (exact) mass is 362 g/mol. The lowest BCUT2D eigenvalue weighted by Gasteiger charge is -1.98. The third-order valence-corrected chi connectivity index (χ3v) is 4.37. The molecular formula is C13H18N2O6S2. The van der Waals surface area contributed by atoms with Gasteiger partial charge in [0.1, 0.15) is 0 Å². The van der Waals surface area contributed by atoms with Crippen molar-refractivity contribution in [3.63, 3.8) is 0 Å². The van der Waals surface area contributed by atoms with Gasteiger partial charge in [0.2, 0.25) is 0 Å². The largest absolute Gasteiger partial charge is 0.337 e. The van der Waals surface area contributed by atoms with E-state index in [2.05, 4.69) is 4.98 Å². The van der Waals surface area contributed by atoms with Gasteiger partial charge < -0.3 is 4.57 Å². The summed E-state index contributed by atoms with van der Waals surface area (Å²) in [6.45, 7) is 2.40. The molecular weight excluding hydrogens is 344 g/mol. The van der Waals surface area contributed by atoms with Crippen molar-refractivity contribution < 1.29 is 25.9 Å². The highest BCUT2D eigenvalue weighted by molar-refractivity contribution is 7.86. The van der Waals surface area contributed by atoms with Crippen LogP contribution < -0.4 is 0 Å². The van der Waals surface area contributed by atoms with Crippen LogP contribution in [0, 0.1) is 6.92 Å². The Morgan fingerprint density at radius 2 is 1.70 bits per heavy atom. The van der Waals surface area contributed by atoms with Crippen LogP contribution in [-0.4, -0.2) is 41.2 Å². The second kappa shape index (κ2) is 8.20. The number of nitrogens with zero attached hydrogens (tertiary/aromatic N) is 2. The van der Waals surface area contributed by atoms with Crippen LogP contribution in [0.5, 0.6) is 0 Å². The van der Waals surface area contributed by atoms with E-state index >= 15 is 0 Å². The minimum Gasteiger partial charge on any atom is -0.337 e. The summed E-state index contributed by atoms with van der Waals surface area (Å²) in [5.41, 5.74) is 0.956. The Labute approximate surface area is 135 Å². The molecule has 0 aliphatic carbocycles. The Morgan fingerprint density at radius 1 is 1.09 bits per heavy atom. The summed E-state index contributed by atoms with van der Waals surface area (Å²) >= 11 is 0. The van der Waals surface area contributed by atoms with Gasteiger partial charge in [-0.15, -0.1) is 0 Å². The molecule has 8 nitrogen and oxygen atoms in total. The average molecular weight is 362 g/mol. The number of benzene rings is 1. The topological polar surface area (TPSA) is 127 Å². The van der Waals surface area contributed by atoms with Gasteiger partial charge in [-0.25, -0.2) is 4.98 Å². The van der Waals surface area contributed by atoms with E-state index in [1.807, 2.05) is 6.92 Å². The zero-order valence-corrected chi connectivity index (χ0v) is 14.0. The lowest BCUT2D eigenvalue weighted by molar-refractivity contribution is 0.477. The van der Waals surface area contributed by atoms with Crippen molar-refractivity contribution in [2.45, 2.75) is 24.8 Å². The second-order valence-corrected chi connectivity index (χ2v) is 7.72. The van der Waals surface area contributed by atoms with Gasteiger partial charge in [0, 0.05) is 18.9 Å². The fourth-order valence-electron chi connectivity index (χ4n) is 1.56. The summed E-state index contributed by atoms with van der Waals surface area (Å²) in [6, 6.07) is 5.99. The van der Waals surface area contributed by atoms with Crippen molar-refractivity contribution in [1.29, 1.82) is 0 Å². The summed E-state index contributed by atoms with van der Waals surface area (Å²) in [5.74, 6) is -0.203. The molecule has 2 N–H and O–H groups in total. The molecule has 0 aliphatic heterocycles. The van der Waals surface area contributed by atoms with E-state index in [0.717, 1.165) is 5.56 Å². The third kappa shape index (κ3) is 8.45. The average Bonchev–Trinajstić information content (AvgIpc) is 2.90. The molecule has 1 heterocycles. The SMILES string of the molecule is Cc1ccc(S(=O)(=O)O)cc1.O=S(=O)(O)CCCn1ccnc1. The molecule has 0 spiro atoms. The molecule has 0 aliphatic rings. The van der Waals surface area contributed by atoms with Gasteiger partial charge in [-0.2, -0.15) is 16.8 Å². The van der Waals surface area contributed by atoms with Gasteiger partial charge in [-0.3, -0.25) is 9.11 Å². The van der Waals surface area contributed by atoms with Gasteiger partial charge in [-0.05, 0) is 25.5 Å². The van der Waals surface area contributed by atoms with Crippen LogP contribution >= 0.6 is 0 Å². The zero-order valence-electron chi connectivity index (χ0n) is 12.4. The summed E-state index contributed by atoms with van der Waals surface area (Å²) in [7, 11) is -7.83. The molecule has 1 aromatic heterocycles. The van der Waals surface area contributed by atoms with E-state index in [1.54, 1.807) is 35.4 Å². The van der Waals surface area contributed by atoms with Gasteiger partial charge in [0.25, 0.3) is 20.2 Å². The minimum absolute atomic E-state index is 0.0666. The summed E-state index contributed by atoms with van der Waals surface area (Å²) in [6.07, 6.45) is 5.36. The second-order valence-electron chi connectivity index (χ2n) is 4.73. The quantitative estimate of drug-likeness (QED) is 0.770. The van der Waals surface area contributed by atoms with Crippen LogP contribution in [0.25, 0.3) is 0 Å². The van der Waals surface area contributed by atoms with Crippen LogP contribution in [0.1, 0.15) is 12.0 Å². The summed E-state index contributed by atoms with van der Waals surface area (Å²) in [4.78, 5) is 3.72. The van der Waals surface area contributed by atoms with E-state index in [-0.39, 0.29) is 10.6 Å². The van der Waals surface area contributed by atoms with Crippen LogP contribution in [0.2, 0.25) is 0 Å². The molecule has 0 bridgehead atoms. The first-order valence-electron chi connectivity index (χ1n) is 6.53. The minimum atomic E-state index is -4.02. The first-order chi connectivity index (χ1) is 10.6. The predicted molar refractivity (Wildman–Crippen MR) is 84.3 cm³/mol. The molecule has 128 valence electrons. The first-order valence-corrected chi connectivity index (χ1v) is 9.58. The number of rotatable bonds is 5. The normalized spacial score (nSPS) is 11.6. The Kier molecular flexibility index (Phi) is 6.88. The molecule has 0 radical (unpaired) electrons. The van der Waals surface area contributed by atoms with Crippen molar-refractivity contribution in [1.82, 2.24) is 9.55 Å². The van der Waals surface area contributed by atoms with E-state index in [1.165, 1.54) is 12.1 Å². The predicted octanol–water partition coefficient (Wildman–Crippen LogP) is 1.40. The lowest BCUT2D eigenvalue weighted by Crippen LogP contribution is -2.06.